The third-order valence-corrected chi connectivity index (χ3v) is 2.45. The highest BCUT2D eigenvalue weighted by atomic mass is 35.5. The highest BCUT2D eigenvalue weighted by molar-refractivity contribution is 6.30. The van der Waals surface area contributed by atoms with Crippen LogP contribution in [-0.4, -0.2) is 33.4 Å². The number of rotatable bonds is 8. The lowest BCUT2D eigenvalue weighted by Crippen LogP contribution is -2.21. The molecule has 0 saturated carbocycles. The van der Waals surface area contributed by atoms with Crippen molar-refractivity contribution in [3.05, 3.63) is 29.0 Å². The molecule has 0 radical (unpaired) electrons. The molecule has 0 unspecified atom stereocenters. The lowest BCUT2D eigenvalue weighted by molar-refractivity contribution is 0.198. The van der Waals surface area contributed by atoms with Crippen LogP contribution in [0.25, 0.3) is 0 Å². The Kier molecular flexibility index (Phi) is 6.93. The molecule has 0 amide bonds. The van der Waals surface area contributed by atoms with Crippen molar-refractivity contribution < 1.29 is 13.9 Å². The molecule has 96 valence electrons. The molecule has 0 atom stereocenters. The van der Waals surface area contributed by atoms with Gasteiger partial charge in [0.1, 0.15) is 0 Å². The molecule has 5 heteroatoms. The summed E-state index contributed by atoms with van der Waals surface area (Å²) in [6, 6.07) is 4.73. The number of hydrogen-bond donors (Lipinski definition) is 1. The molecule has 0 aliphatic rings. The molecule has 0 heterocycles. The third kappa shape index (κ3) is 5.35. The van der Waals surface area contributed by atoms with E-state index in [2.05, 4.69) is 5.32 Å². The standard InChI is InChI=1S/C12H17ClFNO2/c1-16-9-7-15-6-3-8-17-11-5-2-4-10(13)12(11)14/h2,4-5,15H,3,6-9H2,1H3. The first kappa shape index (κ1) is 14.2. The van der Waals surface area contributed by atoms with Crippen LogP contribution in [0.4, 0.5) is 4.39 Å². The van der Waals surface area contributed by atoms with Crippen molar-refractivity contribution in [3.8, 4) is 5.75 Å². The first-order valence-corrected chi connectivity index (χ1v) is 5.90. The summed E-state index contributed by atoms with van der Waals surface area (Å²) >= 11 is 5.63. The van der Waals surface area contributed by atoms with Crippen molar-refractivity contribution >= 4 is 11.6 Å². The molecule has 1 aromatic rings. The van der Waals surface area contributed by atoms with Crippen LogP contribution in [0.3, 0.4) is 0 Å². The zero-order valence-corrected chi connectivity index (χ0v) is 10.6. The monoisotopic (exact) mass is 261 g/mol. The summed E-state index contributed by atoms with van der Waals surface area (Å²) in [6.07, 6.45) is 0.801. The molecular weight excluding hydrogens is 245 g/mol. The van der Waals surface area contributed by atoms with Crippen LogP contribution in [0.5, 0.6) is 5.75 Å². The molecule has 3 nitrogen and oxygen atoms in total. The molecule has 1 rings (SSSR count). The van der Waals surface area contributed by atoms with E-state index in [0.29, 0.717) is 13.2 Å². The van der Waals surface area contributed by atoms with E-state index in [1.807, 2.05) is 0 Å². The van der Waals surface area contributed by atoms with E-state index < -0.39 is 5.82 Å². The maximum atomic E-state index is 13.4. The number of hydrogen-bond acceptors (Lipinski definition) is 3. The van der Waals surface area contributed by atoms with Gasteiger partial charge in [-0.1, -0.05) is 17.7 Å². The molecule has 1 N–H and O–H groups in total. The van der Waals surface area contributed by atoms with Crippen LogP contribution in [0, 0.1) is 5.82 Å². The Morgan fingerprint density at radius 3 is 2.88 bits per heavy atom. The molecule has 1 aromatic carbocycles. The van der Waals surface area contributed by atoms with E-state index in [0.717, 1.165) is 19.5 Å². The van der Waals surface area contributed by atoms with Crippen LogP contribution in [0.15, 0.2) is 18.2 Å². The minimum atomic E-state index is -0.499. The first-order valence-electron chi connectivity index (χ1n) is 5.52. The quantitative estimate of drug-likeness (QED) is 0.730. The van der Waals surface area contributed by atoms with Crippen molar-refractivity contribution in [2.75, 3.05) is 33.4 Å². The van der Waals surface area contributed by atoms with Gasteiger partial charge in [-0.25, -0.2) is 4.39 Å². The molecule has 17 heavy (non-hydrogen) atoms. The van der Waals surface area contributed by atoms with Crippen LogP contribution in [-0.2, 0) is 4.74 Å². The molecule has 0 aliphatic heterocycles. The van der Waals surface area contributed by atoms with Gasteiger partial charge in [-0.15, -0.1) is 0 Å². The van der Waals surface area contributed by atoms with Gasteiger partial charge in [0.2, 0.25) is 0 Å². The smallest absolute Gasteiger partial charge is 0.183 e. The third-order valence-electron chi connectivity index (χ3n) is 2.15. The van der Waals surface area contributed by atoms with Gasteiger partial charge in [0.05, 0.1) is 18.2 Å². The largest absolute Gasteiger partial charge is 0.490 e. The Hall–Kier alpha value is -0.840. The number of halogens is 2. The maximum absolute atomic E-state index is 13.4. The van der Waals surface area contributed by atoms with Gasteiger partial charge < -0.3 is 14.8 Å². The van der Waals surface area contributed by atoms with Crippen molar-refractivity contribution in [2.24, 2.45) is 0 Å². The highest BCUT2D eigenvalue weighted by Crippen LogP contribution is 2.23. The van der Waals surface area contributed by atoms with E-state index in [1.54, 1.807) is 19.2 Å². The minimum Gasteiger partial charge on any atom is -0.490 e. The van der Waals surface area contributed by atoms with Gasteiger partial charge in [0, 0.05) is 13.7 Å². The fourth-order valence-corrected chi connectivity index (χ4v) is 1.44. The second-order valence-electron chi connectivity index (χ2n) is 3.50. The summed E-state index contributed by atoms with van der Waals surface area (Å²) < 4.78 is 23.6. The zero-order chi connectivity index (χ0) is 12.5. The van der Waals surface area contributed by atoms with E-state index in [-0.39, 0.29) is 10.8 Å². The number of benzene rings is 1. The number of ether oxygens (including phenoxy) is 2. The predicted octanol–water partition coefficient (Wildman–Crippen LogP) is 2.48. The summed E-state index contributed by atoms with van der Waals surface area (Å²) in [5.74, 6) is -0.295. The van der Waals surface area contributed by atoms with Crippen molar-refractivity contribution in [2.45, 2.75) is 6.42 Å². The summed E-state index contributed by atoms with van der Waals surface area (Å²) in [6.45, 7) is 2.76. The molecule has 0 aliphatic carbocycles. The summed E-state index contributed by atoms with van der Waals surface area (Å²) in [7, 11) is 1.66. The van der Waals surface area contributed by atoms with Gasteiger partial charge >= 0.3 is 0 Å². The number of methoxy groups -OCH3 is 1. The Morgan fingerprint density at radius 1 is 1.29 bits per heavy atom. The van der Waals surface area contributed by atoms with Gasteiger partial charge in [0.25, 0.3) is 0 Å². The van der Waals surface area contributed by atoms with Crippen LogP contribution < -0.4 is 10.1 Å². The Balaban J connectivity index is 2.16. The average Bonchev–Trinajstić information content (AvgIpc) is 2.33. The van der Waals surface area contributed by atoms with Gasteiger partial charge in [0.15, 0.2) is 11.6 Å². The number of nitrogens with one attached hydrogen (secondary N) is 1. The molecule has 0 bridgehead atoms. The summed E-state index contributed by atoms with van der Waals surface area (Å²) in [5.41, 5.74) is 0. The zero-order valence-electron chi connectivity index (χ0n) is 9.84. The summed E-state index contributed by atoms with van der Waals surface area (Å²) in [5, 5.41) is 3.26. The Labute approximate surface area is 106 Å². The van der Waals surface area contributed by atoms with E-state index in [1.165, 1.54) is 6.07 Å². The topological polar surface area (TPSA) is 30.5 Å². The molecule has 0 aromatic heterocycles. The maximum Gasteiger partial charge on any atom is 0.183 e. The van der Waals surface area contributed by atoms with Gasteiger partial charge in [-0.2, -0.15) is 0 Å². The van der Waals surface area contributed by atoms with Crippen LogP contribution >= 0.6 is 11.6 Å². The van der Waals surface area contributed by atoms with Crippen molar-refractivity contribution in [3.63, 3.8) is 0 Å². The second kappa shape index (κ2) is 8.28. The van der Waals surface area contributed by atoms with Crippen molar-refractivity contribution in [1.29, 1.82) is 0 Å². The van der Waals surface area contributed by atoms with E-state index in [9.17, 15) is 4.39 Å². The normalized spacial score (nSPS) is 10.5. The average molecular weight is 262 g/mol. The van der Waals surface area contributed by atoms with E-state index in [4.69, 9.17) is 21.1 Å². The fourth-order valence-electron chi connectivity index (χ4n) is 1.27. The summed E-state index contributed by atoms with van der Waals surface area (Å²) in [4.78, 5) is 0. The minimum absolute atomic E-state index is 0.0840. The molecule has 0 fully saturated rings. The SMILES string of the molecule is COCCNCCCOc1cccc(Cl)c1F. The van der Waals surface area contributed by atoms with Crippen molar-refractivity contribution in [1.82, 2.24) is 5.32 Å². The van der Waals surface area contributed by atoms with E-state index >= 15 is 0 Å². The second-order valence-corrected chi connectivity index (χ2v) is 3.90. The molecule has 0 saturated heterocycles. The molecular formula is C12H17ClFNO2. The highest BCUT2D eigenvalue weighted by Gasteiger charge is 2.06. The van der Waals surface area contributed by atoms with Crippen LogP contribution in [0.1, 0.15) is 6.42 Å². The Morgan fingerprint density at radius 2 is 2.12 bits per heavy atom. The van der Waals surface area contributed by atoms with Gasteiger partial charge in [-0.3, -0.25) is 0 Å². The Bertz CT molecular complexity index is 336. The van der Waals surface area contributed by atoms with Crippen LogP contribution in [0.2, 0.25) is 5.02 Å². The lowest BCUT2D eigenvalue weighted by atomic mass is 10.3. The first-order chi connectivity index (χ1) is 8.25. The molecule has 0 spiro atoms. The van der Waals surface area contributed by atoms with Gasteiger partial charge in [-0.05, 0) is 25.1 Å². The predicted molar refractivity (Wildman–Crippen MR) is 66.3 cm³/mol. The lowest BCUT2D eigenvalue weighted by Gasteiger charge is -2.08. The fraction of sp³-hybridized carbons (Fsp3) is 0.500.